The van der Waals surface area contributed by atoms with Crippen molar-refractivity contribution < 1.29 is 14.6 Å². The Kier molecular flexibility index (Phi) is 9.90. The molecule has 0 radical (unpaired) electrons. The average Bonchev–Trinajstić information content (AvgIpc) is 2.98. The zero-order chi connectivity index (χ0) is 27.6. The summed E-state index contributed by atoms with van der Waals surface area (Å²) in [6.07, 6.45) is 1.10. The second-order valence-corrected chi connectivity index (χ2v) is 10.1. The summed E-state index contributed by atoms with van der Waals surface area (Å²) in [5, 5.41) is 11.4. The normalized spacial score (nSPS) is 13.5. The first-order valence-electron chi connectivity index (χ1n) is 13.6. The van der Waals surface area contributed by atoms with Gasteiger partial charge in [0.25, 0.3) is 5.91 Å². The Morgan fingerprint density at radius 1 is 0.821 bits per heavy atom. The number of primary amides is 1. The van der Waals surface area contributed by atoms with Crippen molar-refractivity contribution in [3.8, 4) is 5.75 Å². The molecule has 0 bridgehead atoms. The van der Waals surface area contributed by atoms with Crippen LogP contribution in [0, 0.1) is 0 Å². The van der Waals surface area contributed by atoms with Crippen molar-refractivity contribution in [1.82, 2.24) is 4.90 Å². The fraction of sp³-hybridized carbons (Fsp3) is 0.265. The molecular weight excluding hydrogens is 484 g/mol. The number of amides is 1. The van der Waals surface area contributed by atoms with Crippen molar-refractivity contribution >= 4 is 5.91 Å². The molecule has 0 aliphatic carbocycles. The molecule has 0 aliphatic rings. The maximum Gasteiger partial charge on any atom is 0.252 e. The zero-order valence-corrected chi connectivity index (χ0v) is 22.7. The van der Waals surface area contributed by atoms with Gasteiger partial charge < -0.3 is 15.6 Å². The fourth-order valence-corrected chi connectivity index (χ4v) is 4.94. The quantitative estimate of drug-likeness (QED) is 0.211. The maximum absolute atomic E-state index is 12.3. The molecule has 5 nitrogen and oxygen atoms in total. The van der Waals surface area contributed by atoms with Gasteiger partial charge in [-0.1, -0.05) is 97.1 Å². The highest BCUT2D eigenvalue weighted by Gasteiger charge is 2.25. The predicted octanol–water partition coefficient (Wildman–Crippen LogP) is 6.48. The van der Waals surface area contributed by atoms with Crippen molar-refractivity contribution in [2.75, 3.05) is 6.54 Å². The van der Waals surface area contributed by atoms with Crippen LogP contribution in [0.15, 0.2) is 109 Å². The molecule has 4 aromatic rings. The Morgan fingerprint density at radius 3 is 2.03 bits per heavy atom. The minimum Gasteiger partial charge on any atom is -0.488 e. The van der Waals surface area contributed by atoms with E-state index in [1.54, 1.807) is 12.1 Å². The van der Waals surface area contributed by atoms with Crippen LogP contribution >= 0.6 is 0 Å². The number of aliphatic hydroxyl groups excluding tert-OH is 1. The summed E-state index contributed by atoms with van der Waals surface area (Å²) in [6, 6.07) is 36.1. The molecule has 4 aromatic carbocycles. The predicted molar refractivity (Wildman–Crippen MR) is 156 cm³/mol. The minimum absolute atomic E-state index is 0.0933. The second-order valence-electron chi connectivity index (χ2n) is 10.1. The Hall–Kier alpha value is -3.93. The molecule has 1 amide bonds. The van der Waals surface area contributed by atoms with Gasteiger partial charge in [-0.15, -0.1) is 0 Å². The Bertz CT molecular complexity index is 1310. The summed E-state index contributed by atoms with van der Waals surface area (Å²) in [5.41, 5.74) is 10.1. The van der Waals surface area contributed by atoms with E-state index in [2.05, 4.69) is 55.1 Å². The lowest BCUT2D eigenvalue weighted by atomic mass is 9.98. The van der Waals surface area contributed by atoms with Crippen molar-refractivity contribution in [3.63, 3.8) is 0 Å². The SMILES string of the molecule is C[C@H](CCc1ccccc1)N(CC(O)c1ccc(OCc2ccccc2)c(C(N)=O)c1)[C@H](C)c1ccccc1. The lowest BCUT2D eigenvalue weighted by molar-refractivity contribution is 0.0622. The van der Waals surface area contributed by atoms with E-state index in [4.69, 9.17) is 10.5 Å². The third kappa shape index (κ3) is 7.79. The standard InChI is InChI=1S/C34H38N2O3/c1-25(18-19-27-12-6-3-7-13-27)36(26(2)29-16-10-5-11-17-29)23-32(37)30-20-21-33(31(22-30)34(35)38)39-24-28-14-8-4-9-15-28/h3-17,20-22,25-26,32,37H,18-19,23-24H2,1-2H3,(H2,35,38)/t25-,26-,32?/m1/s1. The van der Waals surface area contributed by atoms with E-state index in [1.807, 2.05) is 60.7 Å². The molecule has 0 saturated carbocycles. The molecule has 0 heterocycles. The molecule has 0 aliphatic heterocycles. The second kappa shape index (κ2) is 13.7. The van der Waals surface area contributed by atoms with Gasteiger partial charge in [0.15, 0.2) is 0 Å². The monoisotopic (exact) mass is 522 g/mol. The van der Waals surface area contributed by atoms with Gasteiger partial charge in [0.2, 0.25) is 0 Å². The lowest BCUT2D eigenvalue weighted by Crippen LogP contribution is -2.39. The van der Waals surface area contributed by atoms with Crippen LogP contribution in [0.3, 0.4) is 0 Å². The van der Waals surface area contributed by atoms with E-state index >= 15 is 0 Å². The third-order valence-corrected chi connectivity index (χ3v) is 7.31. The van der Waals surface area contributed by atoms with Crippen molar-refractivity contribution in [2.24, 2.45) is 5.73 Å². The van der Waals surface area contributed by atoms with E-state index in [0.717, 1.165) is 18.4 Å². The molecule has 4 rings (SSSR count). The highest BCUT2D eigenvalue weighted by molar-refractivity contribution is 5.95. The molecule has 0 spiro atoms. The van der Waals surface area contributed by atoms with Crippen LogP contribution in [-0.2, 0) is 13.0 Å². The van der Waals surface area contributed by atoms with Gasteiger partial charge in [-0.3, -0.25) is 9.69 Å². The maximum atomic E-state index is 12.3. The van der Waals surface area contributed by atoms with Crippen LogP contribution < -0.4 is 10.5 Å². The molecule has 5 heteroatoms. The first-order chi connectivity index (χ1) is 18.9. The number of carbonyl (C=O) groups is 1. The van der Waals surface area contributed by atoms with Gasteiger partial charge >= 0.3 is 0 Å². The number of benzene rings is 4. The first kappa shape index (κ1) is 28.1. The Morgan fingerprint density at radius 2 is 1.41 bits per heavy atom. The summed E-state index contributed by atoms with van der Waals surface area (Å²) in [6.45, 7) is 5.12. The van der Waals surface area contributed by atoms with E-state index < -0.39 is 12.0 Å². The van der Waals surface area contributed by atoms with Gasteiger partial charge in [0, 0.05) is 18.6 Å². The highest BCUT2D eigenvalue weighted by Crippen LogP contribution is 2.30. The molecule has 3 N–H and O–H groups in total. The average molecular weight is 523 g/mol. The Balaban J connectivity index is 1.52. The van der Waals surface area contributed by atoms with Crippen molar-refractivity contribution in [2.45, 2.75) is 51.5 Å². The Labute approximate surface area is 231 Å². The molecule has 0 fully saturated rings. The largest absolute Gasteiger partial charge is 0.488 e. The number of hydrogen-bond donors (Lipinski definition) is 2. The van der Waals surface area contributed by atoms with E-state index in [-0.39, 0.29) is 17.6 Å². The highest BCUT2D eigenvalue weighted by atomic mass is 16.5. The summed E-state index contributed by atoms with van der Waals surface area (Å²) < 4.78 is 5.92. The number of aliphatic hydroxyl groups is 1. The van der Waals surface area contributed by atoms with Crippen molar-refractivity contribution in [3.05, 3.63) is 137 Å². The minimum atomic E-state index is -0.809. The van der Waals surface area contributed by atoms with Crippen LogP contribution in [0.4, 0.5) is 0 Å². The molecule has 0 aromatic heterocycles. The van der Waals surface area contributed by atoms with Crippen LogP contribution in [0.1, 0.15) is 65.0 Å². The zero-order valence-electron chi connectivity index (χ0n) is 22.7. The number of nitrogens with zero attached hydrogens (tertiary/aromatic N) is 1. The smallest absolute Gasteiger partial charge is 0.252 e. The van der Waals surface area contributed by atoms with Crippen molar-refractivity contribution in [1.29, 1.82) is 0 Å². The molecular formula is C34H38N2O3. The van der Waals surface area contributed by atoms with Crippen LogP contribution in [-0.4, -0.2) is 28.5 Å². The molecule has 202 valence electrons. The molecule has 0 saturated heterocycles. The van der Waals surface area contributed by atoms with E-state index in [0.29, 0.717) is 24.5 Å². The number of nitrogens with two attached hydrogens (primary N) is 1. The fourth-order valence-electron chi connectivity index (χ4n) is 4.94. The number of rotatable bonds is 13. The number of aryl methyl sites for hydroxylation is 1. The first-order valence-corrected chi connectivity index (χ1v) is 13.6. The van der Waals surface area contributed by atoms with Crippen LogP contribution in [0.25, 0.3) is 0 Å². The summed E-state index contributed by atoms with van der Waals surface area (Å²) in [7, 11) is 0. The molecule has 1 unspecified atom stereocenters. The van der Waals surface area contributed by atoms with Gasteiger partial charge in [0.05, 0.1) is 11.7 Å². The molecule has 39 heavy (non-hydrogen) atoms. The van der Waals surface area contributed by atoms with Gasteiger partial charge in [-0.2, -0.15) is 0 Å². The van der Waals surface area contributed by atoms with Gasteiger partial charge in [-0.05, 0) is 61.1 Å². The van der Waals surface area contributed by atoms with E-state index in [1.165, 1.54) is 11.1 Å². The summed E-state index contributed by atoms with van der Waals surface area (Å²) in [5.74, 6) is -0.175. The summed E-state index contributed by atoms with van der Waals surface area (Å²) in [4.78, 5) is 14.6. The van der Waals surface area contributed by atoms with Gasteiger partial charge in [0.1, 0.15) is 12.4 Å². The van der Waals surface area contributed by atoms with Crippen LogP contribution in [0.2, 0.25) is 0 Å². The van der Waals surface area contributed by atoms with Gasteiger partial charge in [-0.25, -0.2) is 0 Å². The number of carbonyl (C=O) groups excluding carboxylic acids is 1. The van der Waals surface area contributed by atoms with Crippen LogP contribution in [0.5, 0.6) is 5.75 Å². The van der Waals surface area contributed by atoms with E-state index in [9.17, 15) is 9.90 Å². The lowest BCUT2D eigenvalue weighted by Gasteiger charge is -2.36. The number of ether oxygens (including phenoxy) is 1. The topological polar surface area (TPSA) is 75.8 Å². The third-order valence-electron chi connectivity index (χ3n) is 7.31. The molecule has 3 atom stereocenters. The summed E-state index contributed by atoms with van der Waals surface area (Å²) >= 11 is 0. The number of hydrogen-bond acceptors (Lipinski definition) is 4.